The number of H-pyrrole nitrogens is 2. The van der Waals surface area contributed by atoms with E-state index in [-0.39, 0.29) is 5.41 Å². The van der Waals surface area contributed by atoms with Crippen LogP contribution in [0.15, 0.2) is 54.6 Å². The van der Waals surface area contributed by atoms with E-state index in [1.54, 1.807) is 0 Å². The van der Waals surface area contributed by atoms with Crippen molar-refractivity contribution in [2.24, 2.45) is 0 Å². The molecule has 0 saturated carbocycles. The Balaban J connectivity index is 1.58. The van der Waals surface area contributed by atoms with E-state index >= 15 is 0 Å². The van der Waals surface area contributed by atoms with Gasteiger partial charge in [0.2, 0.25) is 0 Å². The van der Waals surface area contributed by atoms with E-state index < -0.39 is 0 Å². The van der Waals surface area contributed by atoms with Gasteiger partial charge in [-0.15, -0.1) is 0 Å². The molecular weight excluding hydrogens is 364 g/mol. The van der Waals surface area contributed by atoms with Crippen LogP contribution in [0.25, 0.3) is 49.9 Å². The van der Waals surface area contributed by atoms with Crippen LogP contribution in [-0.4, -0.2) is 9.97 Å². The summed E-state index contributed by atoms with van der Waals surface area (Å²) in [5, 5.41) is 3.98. The first kappa shape index (κ1) is 16.5. The number of hydrogen-bond acceptors (Lipinski definition) is 0. The Morgan fingerprint density at radius 1 is 0.800 bits per heavy atom. The molecule has 0 saturated heterocycles. The fourth-order valence-corrected chi connectivity index (χ4v) is 5.88. The third-order valence-corrected chi connectivity index (χ3v) is 7.56. The number of benzene rings is 3. The monoisotopic (exact) mass is 388 g/mol. The van der Waals surface area contributed by atoms with E-state index in [0.717, 1.165) is 6.42 Å². The number of hydrogen-bond donors (Lipinski definition) is 2. The molecule has 2 aromatic heterocycles. The number of aromatic amines is 2. The lowest BCUT2D eigenvalue weighted by atomic mass is 9.82. The van der Waals surface area contributed by atoms with Crippen LogP contribution in [0.4, 0.5) is 0 Å². The molecule has 0 fully saturated rings. The van der Waals surface area contributed by atoms with E-state index in [1.165, 1.54) is 66.2 Å². The predicted octanol–water partition coefficient (Wildman–Crippen LogP) is 7.63. The average molecular weight is 389 g/mol. The number of aromatic nitrogens is 2. The van der Waals surface area contributed by atoms with Gasteiger partial charge in [0, 0.05) is 55.3 Å². The Morgan fingerprint density at radius 3 is 2.30 bits per heavy atom. The predicted molar refractivity (Wildman–Crippen MR) is 127 cm³/mol. The Kier molecular flexibility index (Phi) is 2.90. The highest BCUT2D eigenvalue weighted by molar-refractivity contribution is 6.10. The van der Waals surface area contributed by atoms with Crippen molar-refractivity contribution in [3.8, 4) is 11.1 Å². The number of rotatable bonds is 0. The van der Waals surface area contributed by atoms with Crippen molar-refractivity contribution in [3.63, 3.8) is 0 Å². The van der Waals surface area contributed by atoms with Gasteiger partial charge in [-0.1, -0.05) is 51.1 Å². The molecule has 0 spiro atoms. The van der Waals surface area contributed by atoms with Gasteiger partial charge < -0.3 is 9.97 Å². The summed E-state index contributed by atoms with van der Waals surface area (Å²) in [6, 6.07) is 18.3. The van der Waals surface area contributed by atoms with Gasteiger partial charge in [0.05, 0.1) is 0 Å². The lowest BCUT2D eigenvalue weighted by molar-refractivity contribution is 0.661. The normalized spacial score (nSPS) is 18.8. The van der Waals surface area contributed by atoms with E-state index in [9.17, 15) is 0 Å². The standard InChI is InChI=1S/C28H24N2/c1-15-7-6-9-17-21-12-19-18-11-20-16-8-4-5-10-24(16)29-25(20)13-22(18)28(2,3)23(19)14-26(21)30-27(15)17/h4-6,8-15,29-30H,7H2,1-3H3. The molecule has 2 aliphatic rings. The van der Waals surface area contributed by atoms with Crippen LogP contribution in [0.5, 0.6) is 0 Å². The highest BCUT2D eigenvalue weighted by Gasteiger charge is 2.37. The fourth-order valence-electron chi connectivity index (χ4n) is 5.88. The quantitative estimate of drug-likeness (QED) is 0.273. The minimum atomic E-state index is -0.0165. The van der Waals surface area contributed by atoms with E-state index in [0.29, 0.717) is 5.92 Å². The maximum absolute atomic E-state index is 3.75. The summed E-state index contributed by atoms with van der Waals surface area (Å²) < 4.78 is 0. The molecule has 30 heavy (non-hydrogen) atoms. The highest BCUT2D eigenvalue weighted by atomic mass is 14.7. The van der Waals surface area contributed by atoms with E-state index in [4.69, 9.17) is 0 Å². The minimum absolute atomic E-state index is 0.0165. The Hall–Kier alpha value is -3.26. The summed E-state index contributed by atoms with van der Waals surface area (Å²) >= 11 is 0. The molecule has 5 aromatic rings. The van der Waals surface area contributed by atoms with Crippen LogP contribution >= 0.6 is 0 Å². The van der Waals surface area contributed by atoms with Gasteiger partial charge in [-0.05, 0) is 59.0 Å². The first-order chi connectivity index (χ1) is 14.5. The minimum Gasteiger partial charge on any atom is -0.358 e. The summed E-state index contributed by atoms with van der Waals surface area (Å²) in [7, 11) is 0. The molecule has 2 nitrogen and oxygen atoms in total. The summed E-state index contributed by atoms with van der Waals surface area (Å²) in [5.74, 6) is 0.554. The number of para-hydroxylation sites is 1. The van der Waals surface area contributed by atoms with E-state index in [2.05, 4.69) is 91.4 Å². The van der Waals surface area contributed by atoms with Crippen molar-refractivity contribution >= 4 is 38.8 Å². The summed E-state index contributed by atoms with van der Waals surface area (Å²) in [6.45, 7) is 7.05. The van der Waals surface area contributed by atoms with Crippen molar-refractivity contribution < 1.29 is 0 Å². The van der Waals surface area contributed by atoms with Gasteiger partial charge in [0.1, 0.15) is 0 Å². The number of nitrogens with one attached hydrogen (secondary N) is 2. The second-order valence-corrected chi connectivity index (χ2v) is 9.67. The van der Waals surface area contributed by atoms with Crippen LogP contribution in [0.2, 0.25) is 0 Å². The van der Waals surface area contributed by atoms with Gasteiger partial charge >= 0.3 is 0 Å². The summed E-state index contributed by atoms with van der Waals surface area (Å²) in [4.78, 5) is 7.39. The third kappa shape index (κ3) is 1.90. The summed E-state index contributed by atoms with van der Waals surface area (Å²) in [6.07, 6.45) is 5.75. The zero-order chi connectivity index (χ0) is 20.2. The zero-order valence-electron chi connectivity index (χ0n) is 17.6. The maximum Gasteiger partial charge on any atom is 0.0468 e. The molecule has 0 amide bonds. The van der Waals surface area contributed by atoms with Gasteiger partial charge in [-0.2, -0.15) is 0 Å². The Labute approximate surface area is 175 Å². The second kappa shape index (κ2) is 5.26. The molecule has 1 unspecified atom stereocenters. The van der Waals surface area contributed by atoms with Crippen molar-refractivity contribution in [2.75, 3.05) is 0 Å². The lowest BCUT2D eigenvalue weighted by Gasteiger charge is -2.21. The molecule has 2 heterocycles. The SMILES string of the molecule is CC1CC=Cc2c1[nH]c1cc3c(cc21)-c1cc2c(cc1C3(C)C)[nH]c1ccccc12. The summed E-state index contributed by atoms with van der Waals surface area (Å²) in [5.41, 5.74) is 12.1. The molecule has 3 aromatic carbocycles. The van der Waals surface area contributed by atoms with E-state index in [1.807, 2.05) is 0 Å². The van der Waals surface area contributed by atoms with Gasteiger partial charge in [-0.25, -0.2) is 0 Å². The van der Waals surface area contributed by atoms with Crippen molar-refractivity contribution in [1.82, 2.24) is 9.97 Å². The number of allylic oxidation sites excluding steroid dienone is 1. The molecule has 2 aliphatic carbocycles. The molecule has 0 bridgehead atoms. The van der Waals surface area contributed by atoms with Crippen LogP contribution in [0.3, 0.4) is 0 Å². The molecule has 146 valence electrons. The molecule has 0 radical (unpaired) electrons. The highest BCUT2D eigenvalue weighted by Crippen LogP contribution is 2.52. The zero-order valence-corrected chi connectivity index (χ0v) is 17.6. The van der Waals surface area contributed by atoms with Gasteiger partial charge in [-0.3, -0.25) is 0 Å². The maximum atomic E-state index is 3.75. The number of fused-ring (bicyclic) bond motifs is 9. The molecular formula is C28H24N2. The molecule has 7 rings (SSSR count). The van der Waals surface area contributed by atoms with Crippen LogP contribution < -0.4 is 0 Å². The fraction of sp³-hybridized carbons (Fsp3) is 0.214. The Morgan fingerprint density at radius 2 is 1.50 bits per heavy atom. The molecule has 2 heteroatoms. The second-order valence-electron chi connectivity index (χ2n) is 9.67. The van der Waals surface area contributed by atoms with Crippen molar-refractivity contribution in [2.45, 2.75) is 38.5 Å². The first-order valence-electron chi connectivity index (χ1n) is 10.9. The lowest BCUT2D eigenvalue weighted by Crippen LogP contribution is -2.14. The third-order valence-electron chi connectivity index (χ3n) is 7.56. The van der Waals surface area contributed by atoms with Crippen LogP contribution in [0, 0.1) is 0 Å². The topological polar surface area (TPSA) is 31.6 Å². The largest absolute Gasteiger partial charge is 0.358 e. The average Bonchev–Trinajstić information content (AvgIpc) is 3.36. The van der Waals surface area contributed by atoms with Crippen LogP contribution in [0.1, 0.15) is 55.5 Å². The van der Waals surface area contributed by atoms with Crippen molar-refractivity contribution in [3.05, 3.63) is 77.0 Å². The molecule has 2 N–H and O–H groups in total. The molecule has 0 aliphatic heterocycles. The van der Waals surface area contributed by atoms with Gasteiger partial charge in [0.15, 0.2) is 0 Å². The Bertz CT molecular complexity index is 1550. The van der Waals surface area contributed by atoms with Crippen molar-refractivity contribution in [1.29, 1.82) is 0 Å². The van der Waals surface area contributed by atoms with Crippen LogP contribution in [-0.2, 0) is 5.41 Å². The first-order valence-corrected chi connectivity index (χ1v) is 10.9. The molecule has 1 atom stereocenters. The smallest absolute Gasteiger partial charge is 0.0468 e. The van der Waals surface area contributed by atoms with Gasteiger partial charge in [0.25, 0.3) is 0 Å².